The molecule has 0 radical (unpaired) electrons. The minimum atomic E-state index is 0.0137. The van der Waals surface area contributed by atoms with Gasteiger partial charge in [-0.1, -0.05) is 102 Å². The first kappa shape index (κ1) is 21.1. The van der Waals surface area contributed by atoms with Crippen LogP contribution in [0.1, 0.15) is 52.7 Å². The molecule has 5 aromatic rings. The van der Waals surface area contributed by atoms with Crippen molar-refractivity contribution < 1.29 is 0 Å². The van der Waals surface area contributed by atoms with Crippen LogP contribution in [0.25, 0.3) is 43.4 Å². The summed E-state index contributed by atoms with van der Waals surface area (Å²) in [7, 11) is 0. The van der Waals surface area contributed by atoms with Gasteiger partial charge in [-0.3, -0.25) is 0 Å². The zero-order chi connectivity index (χ0) is 22.2. The normalized spacial score (nSPS) is 13.1. The van der Waals surface area contributed by atoms with E-state index in [1.807, 2.05) is 27.7 Å². The van der Waals surface area contributed by atoms with E-state index in [0.717, 1.165) is 0 Å². The maximum atomic E-state index is 2.44. The predicted octanol–water partition coefficient (Wildman–Crippen LogP) is 9.50. The van der Waals surface area contributed by atoms with E-state index < -0.39 is 0 Å². The van der Waals surface area contributed by atoms with Crippen LogP contribution < -0.4 is 0 Å². The fourth-order valence-electron chi connectivity index (χ4n) is 4.92. The molecule has 0 heterocycles. The van der Waals surface area contributed by atoms with Gasteiger partial charge in [0.2, 0.25) is 0 Å². The van der Waals surface area contributed by atoms with Crippen molar-refractivity contribution in [1.29, 1.82) is 0 Å². The summed E-state index contributed by atoms with van der Waals surface area (Å²) < 4.78 is 0. The Morgan fingerprint density at radius 3 is 1.61 bits per heavy atom. The van der Waals surface area contributed by atoms with E-state index >= 15 is 0 Å². The van der Waals surface area contributed by atoms with Gasteiger partial charge in [-0.05, 0) is 78.8 Å². The second-order valence-corrected chi connectivity index (χ2v) is 8.28. The molecule has 0 atom stereocenters. The first-order valence-electron chi connectivity index (χ1n) is 11.6. The van der Waals surface area contributed by atoms with Crippen molar-refractivity contribution in [2.24, 2.45) is 0 Å². The maximum absolute atomic E-state index is 2.44. The molecule has 0 nitrogen and oxygen atoms in total. The second kappa shape index (κ2) is 8.19. The summed E-state index contributed by atoms with van der Waals surface area (Å²) in [4.78, 5) is 0. The third-order valence-corrected chi connectivity index (χ3v) is 6.41. The molecule has 0 heteroatoms. The van der Waals surface area contributed by atoms with E-state index in [0.29, 0.717) is 0 Å². The summed E-state index contributed by atoms with van der Waals surface area (Å²) in [6.07, 6.45) is 0. The average Bonchev–Trinajstić information content (AvgIpc) is 3.05. The van der Waals surface area contributed by atoms with Crippen LogP contribution in [0.15, 0.2) is 84.9 Å². The fraction of sp³-hybridized carbons (Fsp3) is 0.226. The number of hydrogen-bond acceptors (Lipinski definition) is 0. The molecule has 1 aliphatic carbocycles. The highest BCUT2D eigenvalue weighted by Gasteiger charge is 2.36. The third kappa shape index (κ3) is 3.22. The monoisotopic (exact) mass is 404 g/mol. The number of benzene rings is 5. The lowest BCUT2D eigenvalue weighted by Crippen LogP contribution is -2.14. The molecule has 0 saturated carbocycles. The Kier molecular flexibility index (Phi) is 5.58. The number of fused-ring (bicyclic) bond motifs is 7. The summed E-state index contributed by atoms with van der Waals surface area (Å²) in [5.74, 6) is 0. The summed E-state index contributed by atoms with van der Waals surface area (Å²) in [5, 5.41) is 7.98. The van der Waals surface area contributed by atoms with Crippen LogP contribution >= 0.6 is 0 Å². The lowest BCUT2D eigenvalue weighted by Gasteiger charge is -2.22. The van der Waals surface area contributed by atoms with Crippen LogP contribution in [0.2, 0.25) is 0 Å². The zero-order valence-electron chi connectivity index (χ0n) is 19.6. The van der Waals surface area contributed by atoms with Crippen molar-refractivity contribution >= 4 is 32.3 Å². The molecule has 0 N–H and O–H groups in total. The molecule has 0 unspecified atom stereocenters. The smallest absolute Gasteiger partial charge is 0.0159 e. The van der Waals surface area contributed by atoms with E-state index in [9.17, 15) is 0 Å². The Bertz CT molecular complexity index is 1390. The van der Waals surface area contributed by atoms with Gasteiger partial charge in [0.05, 0.1) is 0 Å². The van der Waals surface area contributed by atoms with Crippen molar-refractivity contribution in [3.05, 3.63) is 96.1 Å². The minimum absolute atomic E-state index is 0.0137. The van der Waals surface area contributed by atoms with Gasteiger partial charge in [0.15, 0.2) is 0 Å². The molecule has 0 aliphatic heterocycles. The Hall–Kier alpha value is -3.12. The van der Waals surface area contributed by atoms with Crippen LogP contribution in [-0.2, 0) is 5.41 Å². The van der Waals surface area contributed by atoms with Gasteiger partial charge < -0.3 is 0 Å². The Morgan fingerprint density at radius 1 is 0.452 bits per heavy atom. The molecular weight excluding hydrogens is 372 g/mol. The molecule has 6 rings (SSSR count). The molecular formula is C31H32. The van der Waals surface area contributed by atoms with Gasteiger partial charge >= 0.3 is 0 Å². The summed E-state index contributed by atoms with van der Waals surface area (Å²) in [5.41, 5.74) is 5.68. The van der Waals surface area contributed by atoms with Gasteiger partial charge in [-0.25, -0.2) is 0 Å². The molecule has 31 heavy (non-hydrogen) atoms. The number of hydrogen-bond donors (Lipinski definition) is 0. The molecule has 1 aliphatic rings. The van der Waals surface area contributed by atoms with Crippen LogP contribution in [0, 0.1) is 0 Å². The van der Waals surface area contributed by atoms with Gasteiger partial charge in [0.25, 0.3) is 0 Å². The molecule has 0 saturated heterocycles. The van der Waals surface area contributed by atoms with Gasteiger partial charge in [0.1, 0.15) is 0 Å². The van der Waals surface area contributed by atoms with Crippen molar-refractivity contribution in [2.75, 3.05) is 0 Å². The van der Waals surface area contributed by atoms with Gasteiger partial charge in [-0.2, -0.15) is 0 Å². The van der Waals surface area contributed by atoms with E-state index in [-0.39, 0.29) is 5.41 Å². The summed E-state index contributed by atoms with van der Waals surface area (Å²) in [6, 6.07) is 31.5. The first-order chi connectivity index (χ1) is 15.1. The summed E-state index contributed by atoms with van der Waals surface area (Å²) >= 11 is 0. The topological polar surface area (TPSA) is 0 Å². The predicted molar refractivity (Wildman–Crippen MR) is 139 cm³/mol. The highest BCUT2D eigenvalue weighted by Crippen LogP contribution is 2.51. The zero-order valence-corrected chi connectivity index (χ0v) is 19.6. The molecule has 0 fully saturated rings. The van der Waals surface area contributed by atoms with E-state index in [1.54, 1.807) is 0 Å². The average molecular weight is 405 g/mol. The molecule has 0 spiro atoms. The Labute approximate surface area is 186 Å². The maximum Gasteiger partial charge on any atom is 0.0159 e. The first-order valence-corrected chi connectivity index (χ1v) is 11.6. The van der Waals surface area contributed by atoms with Gasteiger partial charge in [-0.15, -0.1) is 0 Å². The van der Waals surface area contributed by atoms with Crippen molar-refractivity contribution in [3.8, 4) is 11.1 Å². The molecule has 0 amide bonds. The van der Waals surface area contributed by atoms with Crippen molar-refractivity contribution in [2.45, 2.75) is 47.0 Å². The van der Waals surface area contributed by atoms with Crippen LogP contribution in [0.5, 0.6) is 0 Å². The molecule has 5 aromatic carbocycles. The lowest BCUT2D eigenvalue weighted by molar-refractivity contribution is 0.662. The van der Waals surface area contributed by atoms with Crippen LogP contribution in [0.4, 0.5) is 0 Å². The fourth-order valence-corrected chi connectivity index (χ4v) is 4.92. The number of rotatable bonds is 0. The Morgan fingerprint density at radius 2 is 0.935 bits per heavy atom. The Balaban J connectivity index is 0.000000549. The van der Waals surface area contributed by atoms with E-state index in [1.165, 1.54) is 54.6 Å². The van der Waals surface area contributed by atoms with Gasteiger partial charge in [0, 0.05) is 5.41 Å². The summed E-state index contributed by atoms with van der Waals surface area (Å²) in [6.45, 7) is 12.7. The van der Waals surface area contributed by atoms with Crippen LogP contribution in [-0.4, -0.2) is 0 Å². The largest absolute Gasteiger partial charge is 0.0683 e. The SMILES string of the molecule is CC.CC.CC1(C)c2cc3ccccc3cc2-c2cc3ccc4ccccc4c3cc21. The molecule has 0 aromatic heterocycles. The van der Waals surface area contributed by atoms with Crippen LogP contribution in [0.3, 0.4) is 0 Å². The lowest BCUT2D eigenvalue weighted by atomic mass is 9.81. The van der Waals surface area contributed by atoms with E-state index in [2.05, 4.69) is 98.8 Å². The standard InChI is InChI=1S/C27H20.2C2H6/c1-27(2)25-15-19-9-4-3-8-18(19)13-23(25)24-14-20-12-11-17-7-5-6-10-21(17)22(20)16-26(24)27;2*1-2/h3-16H,1-2H3;2*1-2H3. The van der Waals surface area contributed by atoms with E-state index in [4.69, 9.17) is 0 Å². The third-order valence-electron chi connectivity index (χ3n) is 6.41. The molecule has 156 valence electrons. The quantitative estimate of drug-likeness (QED) is 0.225. The van der Waals surface area contributed by atoms with Crippen molar-refractivity contribution in [3.63, 3.8) is 0 Å². The van der Waals surface area contributed by atoms with Crippen molar-refractivity contribution in [1.82, 2.24) is 0 Å². The second-order valence-electron chi connectivity index (χ2n) is 8.28. The highest BCUT2D eigenvalue weighted by atomic mass is 14.4. The molecule has 0 bridgehead atoms. The highest BCUT2D eigenvalue weighted by molar-refractivity contribution is 6.10. The minimum Gasteiger partial charge on any atom is -0.0683 e.